The molecule has 0 bridgehead atoms. The third kappa shape index (κ3) is 2.68. The molecule has 3 heterocycles. The molecule has 2 aromatic heterocycles. The molecule has 7 heteroatoms. The van der Waals surface area contributed by atoms with Crippen LogP contribution >= 0.6 is 11.3 Å². The van der Waals surface area contributed by atoms with E-state index in [-0.39, 0.29) is 18.0 Å². The van der Waals surface area contributed by atoms with E-state index in [1.807, 2.05) is 0 Å². The number of aliphatic hydroxyl groups is 1. The highest BCUT2D eigenvalue weighted by Gasteiger charge is 2.31. The summed E-state index contributed by atoms with van der Waals surface area (Å²) in [5, 5.41) is 24.6. The minimum atomic E-state index is -0.226. The number of thiazole rings is 1. The van der Waals surface area contributed by atoms with Crippen molar-refractivity contribution in [3.63, 3.8) is 0 Å². The summed E-state index contributed by atoms with van der Waals surface area (Å²) in [6.07, 6.45) is 2.73. The average Bonchev–Trinajstić information content (AvgIpc) is 3.15. The fourth-order valence-corrected chi connectivity index (χ4v) is 4.38. The van der Waals surface area contributed by atoms with Crippen molar-refractivity contribution in [2.24, 2.45) is 0 Å². The quantitative estimate of drug-likeness (QED) is 0.763. The van der Waals surface area contributed by atoms with Crippen molar-refractivity contribution in [1.29, 1.82) is 0 Å². The number of nitrogens with zero attached hydrogens (tertiary/aromatic N) is 4. The van der Waals surface area contributed by atoms with Crippen LogP contribution in [0.4, 0.5) is 0 Å². The van der Waals surface area contributed by atoms with Gasteiger partial charge >= 0.3 is 0 Å². The van der Waals surface area contributed by atoms with E-state index in [1.54, 1.807) is 0 Å². The van der Waals surface area contributed by atoms with E-state index < -0.39 is 0 Å². The largest absolute Gasteiger partial charge is 0.492 e. The number of aryl methyl sites for hydroxylation is 1. The van der Waals surface area contributed by atoms with Crippen LogP contribution < -0.4 is 0 Å². The van der Waals surface area contributed by atoms with Gasteiger partial charge in [-0.1, -0.05) is 41.2 Å². The lowest BCUT2D eigenvalue weighted by atomic mass is 9.98. The van der Waals surface area contributed by atoms with Gasteiger partial charge in [0.05, 0.1) is 17.0 Å². The van der Waals surface area contributed by atoms with Gasteiger partial charge in [-0.15, -0.1) is 0 Å². The lowest BCUT2D eigenvalue weighted by Crippen LogP contribution is -2.38. The van der Waals surface area contributed by atoms with Gasteiger partial charge in [0, 0.05) is 13.1 Å². The van der Waals surface area contributed by atoms with Gasteiger partial charge in [0.15, 0.2) is 0 Å². The number of piperidine rings is 1. The third-order valence-corrected chi connectivity index (χ3v) is 5.73. The first-order valence-electron chi connectivity index (χ1n) is 8.13. The fraction of sp³-hybridized carbons (Fsp3) is 0.412. The van der Waals surface area contributed by atoms with Crippen LogP contribution in [-0.2, 0) is 0 Å². The number of fused-ring (bicyclic) bond motifs is 1. The molecular formula is C17H20N4O2S. The molecule has 1 aliphatic heterocycles. The van der Waals surface area contributed by atoms with E-state index in [0.29, 0.717) is 4.96 Å². The normalized spacial score (nSPS) is 18.2. The minimum Gasteiger partial charge on any atom is -0.492 e. The summed E-state index contributed by atoms with van der Waals surface area (Å²) in [4.78, 5) is 8.07. The molecule has 6 nitrogen and oxygen atoms in total. The Kier molecular flexibility index (Phi) is 3.99. The second kappa shape index (κ2) is 6.16. The zero-order chi connectivity index (χ0) is 16.7. The Morgan fingerprint density at radius 3 is 2.58 bits per heavy atom. The van der Waals surface area contributed by atoms with Crippen LogP contribution in [0.1, 0.15) is 34.9 Å². The van der Waals surface area contributed by atoms with Crippen molar-refractivity contribution in [2.45, 2.75) is 31.9 Å². The van der Waals surface area contributed by atoms with Crippen LogP contribution in [0.2, 0.25) is 0 Å². The minimum absolute atomic E-state index is 0.0494. The van der Waals surface area contributed by atoms with E-state index in [0.717, 1.165) is 36.4 Å². The van der Waals surface area contributed by atoms with Gasteiger partial charge in [-0.05, 0) is 25.3 Å². The molecule has 0 aliphatic carbocycles. The summed E-state index contributed by atoms with van der Waals surface area (Å²) < 4.78 is 1.49. The maximum Gasteiger partial charge on any atom is 0.230 e. The van der Waals surface area contributed by atoms with Crippen LogP contribution in [0.25, 0.3) is 4.96 Å². The maximum absolute atomic E-state index is 10.6. The summed E-state index contributed by atoms with van der Waals surface area (Å²) in [6, 6.07) is 8.36. The molecule has 24 heavy (non-hydrogen) atoms. The Bertz CT molecular complexity index is 834. The van der Waals surface area contributed by atoms with Crippen molar-refractivity contribution in [1.82, 2.24) is 19.5 Å². The third-order valence-electron chi connectivity index (χ3n) is 4.64. The molecule has 2 N–H and O–H groups in total. The van der Waals surface area contributed by atoms with Crippen LogP contribution in [0.3, 0.4) is 0 Å². The first-order chi connectivity index (χ1) is 11.6. The summed E-state index contributed by atoms with van der Waals surface area (Å²) in [5.74, 6) is 0.157. The molecular weight excluding hydrogens is 324 g/mol. The van der Waals surface area contributed by atoms with E-state index in [4.69, 9.17) is 0 Å². The monoisotopic (exact) mass is 344 g/mol. The zero-order valence-corrected chi connectivity index (χ0v) is 14.3. The van der Waals surface area contributed by atoms with E-state index in [1.165, 1.54) is 27.7 Å². The summed E-state index contributed by atoms with van der Waals surface area (Å²) in [7, 11) is 0. The van der Waals surface area contributed by atoms with Gasteiger partial charge in [0.25, 0.3) is 0 Å². The smallest absolute Gasteiger partial charge is 0.230 e. The molecule has 0 radical (unpaired) electrons. The molecule has 0 saturated carbocycles. The number of aliphatic hydroxyl groups excluding tert-OH is 1. The Balaban J connectivity index is 1.78. The van der Waals surface area contributed by atoms with Crippen molar-refractivity contribution in [3.8, 4) is 5.88 Å². The van der Waals surface area contributed by atoms with Crippen LogP contribution in [0.5, 0.6) is 5.88 Å². The summed E-state index contributed by atoms with van der Waals surface area (Å²) in [6.45, 7) is 3.66. The first-order valence-corrected chi connectivity index (χ1v) is 8.95. The van der Waals surface area contributed by atoms with E-state index >= 15 is 0 Å². The highest BCUT2D eigenvalue weighted by molar-refractivity contribution is 7.17. The Hall–Kier alpha value is -1.96. The zero-order valence-electron chi connectivity index (χ0n) is 13.5. The average molecular weight is 344 g/mol. The van der Waals surface area contributed by atoms with Gasteiger partial charge in [-0.3, -0.25) is 4.90 Å². The summed E-state index contributed by atoms with van der Waals surface area (Å²) >= 11 is 1.47. The van der Waals surface area contributed by atoms with Crippen LogP contribution in [0.15, 0.2) is 30.6 Å². The van der Waals surface area contributed by atoms with Crippen molar-refractivity contribution < 1.29 is 10.2 Å². The second-order valence-corrected chi connectivity index (χ2v) is 7.33. The van der Waals surface area contributed by atoms with E-state index in [2.05, 4.69) is 46.2 Å². The highest BCUT2D eigenvalue weighted by Crippen LogP contribution is 2.40. The van der Waals surface area contributed by atoms with E-state index in [9.17, 15) is 10.2 Å². The Morgan fingerprint density at radius 2 is 1.92 bits per heavy atom. The number of rotatable bonds is 3. The molecule has 1 fully saturated rings. The molecule has 126 valence electrons. The number of aromatic hydroxyl groups is 1. The molecule has 1 unspecified atom stereocenters. The van der Waals surface area contributed by atoms with Gasteiger partial charge in [0.1, 0.15) is 6.33 Å². The molecule has 1 saturated heterocycles. The first kappa shape index (κ1) is 15.6. The Labute approximate surface area is 144 Å². The van der Waals surface area contributed by atoms with Crippen molar-refractivity contribution >= 4 is 16.3 Å². The van der Waals surface area contributed by atoms with Gasteiger partial charge < -0.3 is 10.2 Å². The Morgan fingerprint density at radius 1 is 1.21 bits per heavy atom. The van der Waals surface area contributed by atoms with Gasteiger partial charge in [-0.2, -0.15) is 9.61 Å². The molecule has 3 aromatic rings. The predicted molar refractivity (Wildman–Crippen MR) is 92.4 cm³/mol. The van der Waals surface area contributed by atoms with Crippen LogP contribution in [-0.4, -0.2) is 48.9 Å². The SMILES string of the molecule is Cc1ccc(C(c2sc3ncnn3c2O)N2CCC(O)CC2)cc1. The molecule has 4 rings (SSSR count). The molecule has 0 amide bonds. The second-order valence-electron chi connectivity index (χ2n) is 6.32. The fourth-order valence-electron chi connectivity index (χ4n) is 3.29. The van der Waals surface area contributed by atoms with Crippen LogP contribution in [0, 0.1) is 6.92 Å². The molecule has 0 spiro atoms. The number of benzene rings is 1. The van der Waals surface area contributed by atoms with Gasteiger partial charge in [0.2, 0.25) is 10.8 Å². The number of aromatic nitrogens is 3. The standard InChI is InChI=1S/C17H20N4O2S/c1-11-2-4-12(5-3-11)14(20-8-6-13(22)7-9-20)15-16(23)21-17(24-15)18-10-19-21/h2-5,10,13-14,22-23H,6-9H2,1H3. The summed E-state index contributed by atoms with van der Waals surface area (Å²) in [5.41, 5.74) is 2.34. The molecule has 1 aromatic carbocycles. The van der Waals surface area contributed by atoms with Crippen molar-refractivity contribution in [2.75, 3.05) is 13.1 Å². The van der Waals surface area contributed by atoms with Crippen molar-refractivity contribution in [3.05, 3.63) is 46.6 Å². The number of hydrogen-bond donors (Lipinski definition) is 2. The molecule has 1 aliphatic rings. The number of likely N-dealkylation sites (tertiary alicyclic amines) is 1. The maximum atomic E-state index is 10.6. The van der Waals surface area contributed by atoms with Gasteiger partial charge in [-0.25, -0.2) is 4.98 Å². The predicted octanol–water partition coefficient (Wildman–Crippen LogP) is 2.35. The lowest BCUT2D eigenvalue weighted by Gasteiger charge is -2.36. The topological polar surface area (TPSA) is 73.9 Å². The molecule has 1 atom stereocenters. The number of hydrogen-bond acceptors (Lipinski definition) is 6. The lowest BCUT2D eigenvalue weighted by molar-refractivity contribution is 0.0689. The highest BCUT2D eigenvalue weighted by atomic mass is 32.1.